The van der Waals surface area contributed by atoms with Gasteiger partial charge in [-0.2, -0.15) is 28.1 Å². The molecule has 0 amide bonds. The number of rotatable bonds is 8. The average molecular weight is 1240 g/mol. The molecule has 0 N–H and O–H groups in total. The molecule has 5 atom stereocenters. The molecule has 6 nitrogen and oxygen atoms in total. The van der Waals surface area contributed by atoms with Crippen LogP contribution in [0.3, 0.4) is 0 Å². The summed E-state index contributed by atoms with van der Waals surface area (Å²) < 4.78 is 52.1. The highest BCUT2D eigenvalue weighted by Crippen LogP contribution is 2.40. The highest BCUT2D eigenvalue weighted by Gasteiger charge is 2.37. The van der Waals surface area contributed by atoms with Crippen molar-refractivity contribution in [2.45, 2.75) is 258 Å². The summed E-state index contributed by atoms with van der Waals surface area (Å²) in [7, 11) is -5.49. The molecule has 4 rings (SSSR count). The van der Waals surface area contributed by atoms with Crippen LogP contribution in [0.2, 0.25) is 182 Å². The van der Waals surface area contributed by atoms with Gasteiger partial charge in [0.05, 0.1) is 17.4 Å². The summed E-state index contributed by atoms with van der Waals surface area (Å²) in [5, 5.41) is 0. The number of allylic oxidation sites excluding steroid dienone is 10. The Morgan fingerprint density at radius 2 is 0.733 bits per heavy atom. The van der Waals surface area contributed by atoms with E-state index in [-0.39, 0.29) is 7.24 Å². The molecule has 0 aromatic carbocycles. The fourth-order valence-corrected chi connectivity index (χ4v) is 22.6. The van der Waals surface area contributed by atoms with Crippen molar-refractivity contribution in [2.75, 3.05) is 0 Å². The fraction of sp³-hybridized carbons (Fsp3) is 0.709. The lowest BCUT2D eigenvalue weighted by Gasteiger charge is -2.49. The number of hydrogen-bond donors (Lipinski definition) is 0. The summed E-state index contributed by atoms with van der Waals surface area (Å²) in [6.45, 7) is 85.4. The molecule has 4 aliphatic rings. The fourth-order valence-electron chi connectivity index (χ4n) is 8.93. The largest absolute Gasteiger partial charge is 0.379 e. The van der Waals surface area contributed by atoms with E-state index in [0.29, 0.717) is 0 Å². The van der Waals surface area contributed by atoms with Gasteiger partial charge in [-0.15, -0.1) is 0 Å². The second-order valence-electron chi connectivity index (χ2n) is 27.3. The summed E-state index contributed by atoms with van der Waals surface area (Å²) in [6.07, 6.45) is 21.1. The molecule has 3 heterocycles. The van der Waals surface area contributed by atoms with Crippen LogP contribution in [0.25, 0.3) is 0 Å². The smallest absolute Gasteiger partial charge is 0.152 e. The standard InChI is InChI=1S/C14H30N2Si2.C13H26Si2.C12H26N2Si2.C10H22N2Si2.C2H7B.2C2H6.2BH4P.H3P/c1-11-12(2)16(18(8,9)10)14(4)13(3)15(11)17(5,6)7;1-11-10-12(14(2,3)4)8-9-13(11)15(5,6)7;1-11-9-14(16(6,7)8)12(2)10-13(11)15(3,4)5;1-13(2,3)11-7-9-12(10-8-11)14(4,5)6;1-3-2;4*1-2;/h1-10H3;8-10,12-13H,1-7H3;9-10H,1-8H3;7-10H,1-6H3;3H,1-2H3;2*1-2H3;2*1-2H2;1H3/i;;;;3T;;;2*1TD;1D. The molecule has 0 aromatic rings. The molecule has 3 aliphatic heterocycles. The van der Waals surface area contributed by atoms with Crippen LogP contribution in [0.4, 0.5) is 0 Å². The van der Waals surface area contributed by atoms with Crippen LogP contribution >= 0.6 is 28.1 Å². The van der Waals surface area contributed by atoms with Gasteiger partial charge in [0.25, 0.3) is 0 Å². The van der Waals surface area contributed by atoms with Crippen molar-refractivity contribution in [3.8, 4) is 0 Å². The van der Waals surface area contributed by atoms with E-state index in [0.717, 1.165) is 11.1 Å². The van der Waals surface area contributed by atoms with Gasteiger partial charge in [-0.25, -0.2) is 0 Å². The first kappa shape index (κ1) is 73.0. The van der Waals surface area contributed by atoms with Gasteiger partial charge in [0, 0.05) is 71.4 Å². The minimum absolute atomic E-state index is 0.0833. The molecule has 75 heavy (non-hydrogen) atoms. The van der Waals surface area contributed by atoms with Crippen LogP contribution < -0.4 is 0 Å². The van der Waals surface area contributed by atoms with E-state index in [9.17, 15) is 0 Å². The van der Waals surface area contributed by atoms with E-state index in [1.54, 1.807) is 15.4 Å². The summed E-state index contributed by atoms with van der Waals surface area (Å²) in [5.41, 5.74) is 11.8. The molecule has 1 aliphatic carbocycles. The van der Waals surface area contributed by atoms with Crippen molar-refractivity contribution in [3.05, 3.63) is 95.2 Å². The molecular formula is C55H134B3N6P3Si8. The van der Waals surface area contributed by atoms with E-state index in [2.05, 4.69) is 288 Å². The maximum absolute atomic E-state index is 6.58. The highest BCUT2D eigenvalue weighted by atomic mass is 31.0. The first-order valence-electron chi connectivity index (χ1n) is 31.2. The Labute approximate surface area is 501 Å². The molecule has 0 spiro atoms. The molecule has 0 aromatic heterocycles. The predicted molar refractivity (Wildman–Crippen MR) is 400 cm³/mol. The minimum atomic E-state index is -1.35. The Kier molecular flexibility index (Phi) is 36.1. The Hall–Kier alpha value is -0.0601. The van der Waals surface area contributed by atoms with Gasteiger partial charge in [-0.3, -0.25) is 0 Å². The van der Waals surface area contributed by atoms with Crippen molar-refractivity contribution in [2.24, 2.45) is 0 Å². The molecule has 5 unspecified atom stereocenters. The first-order valence-corrected chi connectivity index (χ1v) is 57.0. The van der Waals surface area contributed by atoms with Crippen molar-refractivity contribution >= 4 is 116 Å². The molecule has 0 saturated carbocycles. The lowest BCUT2D eigenvalue weighted by atomic mass is 9.88. The zero-order valence-electron chi connectivity index (χ0n) is 63.0. The monoisotopic (exact) mass is 1240 g/mol. The second kappa shape index (κ2) is 37.1. The summed E-state index contributed by atoms with van der Waals surface area (Å²) >= 11 is 0. The average Bonchev–Trinajstić information content (AvgIpc) is 3.26. The Bertz CT molecular complexity index is 1870. The highest BCUT2D eigenvalue weighted by molar-refractivity contribution is 7.50. The van der Waals surface area contributed by atoms with Gasteiger partial charge in [0.1, 0.15) is 22.2 Å². The van der Waals surface area contributed by atoms with Crippen molar-refractivity contribution in [1.29, 1.82) is 7.96 Å². The lowest BCUT2D eigenvalue weighted by Crippen LogP contribution is -2.52. The van der Waals surface area contributed by atoms with Gasteiger partial charge in [0.15, 0.2) is 49.4 Å². The third-order valence-corrected chi connectivity index (χ3v) is 28.7. The Balaban J connectivity index is -0.000000211. The molecule has 20 heteroatoms. The van der Waals surface area contributed by atoms with Crippen LogP contribution in [0.5, 0.6) is 0 Å². The SMILES string of the molecule is CC.CC.CC1=C(C)N([Si](C)(C)C)C(C)=C(C)N1[Si](C)(C)C.CC1=CC([Si](C)(C)C)C=CC1[Si](C)(C)C.CC1=CN([Si](C)(C)C)C(C)=CN1[Si](C)(C)C.C[Si](C)(C)N1C=CN([Si](C)(C)C)C=C1.[2H]B([3H])P.[2H]B([3H])P.[2H]P.[3H]B(C)C. The van der Waals surface area contributed by atoms with E-state index in [1.807, 2.05) is 59.6 Å². The van der Waals surface area contributed by atoms with E-state index in [4.69, 9.17) is 7.96 Å². The van der Waals surface area contributed by atoms with E-state index in [1.165, 1.54) is 34.2 Å². The van der Waals surface area contributed by atoms with Crippen molar-refractivity contribution < 1.29 is 0 Å². The third kappa shape index (κ3) is 31.1. The van der Waals surface area contributed by atoms with Crippen LogP contribution in [0, 0.1) is 0 Å². The minimum Gasteiger partial charge on any atom is -0.379 e. The molecular weight excluding hydrogens is 1090 g/mol. The van der Waals surface area contributed by atoms with Gasteiger partial charge < -0.3 is 27.4 Å². The van der Waals surface area contributed by atoms with Gasteiger partial charge in [-0.1, -0.05) is 222 Å². The maximum Gasteiger partial charge on any atom is 0.152 e. The van der Waals surface area contributed by atoms with Crippen LogP contribution in [-0.4, -0.2) is 123 Å². The van der Waals surface area contributed by atoms with Crippen LogP contribution in [0.1, 0.15) is 76.2 Å². The zero-order chi connectivity index (χ0) is 66.8. The summed E-state index contributed by atoms with van der Waals surface area (Å²) in [5.74, 6) is 0. The summed E-state index contributed by atoms with van der Waals surface area (Å²) in [4.78, 5) is 0. The predicted octanol–water partition coefficient (Wildman–Crippen LogP) is 18.4. The van der Waals surface area contributed by atoms with Crippen molar-refractivity contribution in [1.82, 2.24) is 27.4 Å². The van der Waals surface area contributed by atoms with Gasteiger partial charge in [-0.05, 0) is 66.2 Å². The van der Waals surface area contributed by atoms with Gasteiger partial charge in [0.2, 0.25) is 0 Å². The normalized spacial score (nSPS) is 18.8. The van der Waals surface area contributed by atoms with E-state index >= 15 is 0 Å². The molecule has 0 bridgehead atoms. The van der Waals surface area contributed by atoms with Crippen molar-refractivity contribution in [3.63, 3.8) is 0 Å². The molecule has 0 fully saturated rings. The third-order valence-electron chi connectivity index (χ3n) is 12.3. The Morgan fingerprint density at radius 1 is 0.493 bits per heavy atom. The second-order valence-corrected chi connectivity index (χ2v) is 67.0. The van der Waals surface area contributed by atoms with Gasteiger partial charge >= 0.3 is 0 Å². The van der Waals surface area contributed by atoms with Crippen LogP contribution in [-0.2, 0) is 0 Å². The first-order chi connectivity index (χ1) is 35.9. The zero-order valence-corrected chi connectivity index (χ0v) is 68.5. The molecule has 440 valence electrons. The number of hydrogen-bond acceptors (Lipinski definition) is 6. The quantitative estimate of drug-likeness (QED) is 0.136. The topological polar surface area (TPSA) is 19.4 Å². The van der Waals surface area contributed by atoms with E-state index < -0.39 is 80.5 Å². The van der Waals surface area contributed by atoms with Crippen LogP contribution in [0.15, 0.2) is 95.2 Å². The Morgan fingerprint density at radius 3 is 0.893 bits per heavy atom. The lowest BCUT2D eigenvalue weighted by molar-refractivity contribution is 0.488. The number of nitrogens with zero attached hydrogens (tertiary/aromatic N) is 6. The molecule has 0 radical (unpaired) electrons. The maximum atomic E-state index is 6.58. The molecule has 0 saturated heterocycles. The summed E-state index contributed by atoms with van der Waals surface area (Å²) in [6, 6.07) is 0.